The molecule has 0 fully saturated rings. The second-order valence-corrected chi connectivity index (χ2v) is 5.25. The summed E-state index contributed by atoms with van der Waals surface area (Å²) in [6.45, 7) is 2.82. The highest BCUT2D eigenvalue weighted by molar-refractivity contribution is 9.10. The first-order chi connectivity index (χ1) is 9.20. The topological polar surface area (TPSA) is 24.9 Å². The van der Waals surface area contributed by atoms with Gasteiger partial charge in [-0.25, -0.2) is 4.39 Å². The monoisotopic (exact) mass is 322 g/mol. The number of halogens is 2. The maximum absolute atomic E-state index is 13.8. The number of nitrogens with one attached hydrogen (secondary N) is 1. The predicted octanol–water partition coefficient (Wildman–Crippen LogP) is 3.88. The number of hydrogen-bond acceptors (Lipinski definition) is 2. The third kappa shape index (κ3) is 3.85. The summed E-state index contributed by atoms with van der Waals surface area (Å²) in [4.78, 5) is 3.80. The summed E-state index contributed by atoms with van der Waals surface area (Å²) in [5.74, 6) is -0.259. The fraction of sp³-hybridized carbons (Fsp3) is 0.267. The summed E-state index contributed by atoms with van der Waals surface area (Å²) in [5.41, 5.74) is 1.84. The van der Waals surface area contributed by atoms with Crippen molar-refractivity contribution in [1.82, 2.24) is 10.3 Å². The summed E-state index contributed by atoms with van der Waals surface area (Å²) in [7, 11) is 0. The van der Waals surface area contributed by atoms with Gasteiger partial charge in [-0.2, -0.15) is 0 Å². The van der Waals surface area contributed by atoms with Gasteiger partial charge in [-0.15, -0.1) is 0 Å². The van der Waals surface area contributed by atoms with Gasteiger partial charge in [-0.1, -0.05) is 35.0 Å². The van der Waals surface area contributed by atoms with Gasteiger partial charge in [0, 0.05) is 22.3 Å². The Morgan fingerprint density at radius 2 is 2.00 bits per heavy atom. The van der Waals surface area contributed by atoms with Gasteiger partial charge in [0.05, 0.1) is 6.20 Å². The Hall–Kier alpha value is -1.26. The van der Waals surface area contributed by atoms with E-state index in [0.717, 1.165) is 17.4 Å². The highest BCUT2D eigenvalue weighted by Crippen LogP contribution is 2.21. The van der Waals surface area contributed by atoms with E-state index < -0.39 is 0 Å². The molecular weight excluding hydrogens is 307 g/mol. The van der Waals surface area contributed by atoms with Crippen molar-refractivity contribution in [2.45, 2.75) is 19.4 Å². The predicted molar refractivity (Wildman–Crippen MR) is 78.5 cm³/mol. The molecule has 0 amide bonds. The second kappa shape index (κ2) is 6.78. The molecule has 0 bridgehead atoms. The van der Waals surface area contributed by atoms with Crippen molar-refractivity contribution in [3.8, 4) is 0 Å². The van der Waals surface area contributed by atoms with Crippen LogP contribution in [-0.4, -0.2) is 11.5 Å². The first-order valence-corrected chi connectivity index (χ1v) is 7.07. The molecule has 0 aliphatic heterocycles. The zero-order valence-electron chi connectivity index (χ0n) is 10.7. The molecule has 0 aliphatic carbocycles. The van der Waals surface area contributed by atoms with Gasteiger partial charge in [0.1, 0.15) is 5.82 Å². The number of hydrogen-bond donors (Lipinski definition) is 1. The zero-order valence-corrected chi connectivity index (χ0v) is 12.3. The van der Waals surface area contributed by atoms with Crippen LogP contribution in [0.2, 0.25) is 0 Å². The van der Waals surface area contributed by atoms with E-state index in [0.29, 0.717) is 5.56 Å². The molecule has 100 valence electrons. The van der Waals surface area contributed by atoms with Crippen LogP contribution in [0, 0.1) is 5.82 Å². The molecule has 2 aromatic rings. The number of likely N-dealkylation sites (N-methyl/N-ethyl adjacent to an activating group) is 1. The molecule has 1 aromatic carbocycles. The number of aromatic nitrogens is 1. The van der Waals surface area contributed by atoms with Crippen LogP contribution in [0.5, 0.6) is 0 Å². The summed E-state index contributed by atoms with van der Waals surface area (Å²) in [6.07, 6.45) is 3.65. The highest BCUT2D eigenvalue weighted by Gasteiger charge is 2.15. The van der Waals surface area contributed by atoms with Crippen LogP contribution >= 0.6 is 15.9 Å². The van der Waals surface area contributed by atoms with E-state index in [2.05, 4.69) is 26.2 Å². The minimum Gasteiger partial charge on any atom is -0.310 e. The van der Waals surface area contributed by atoms with Crippen LogP contribution < -0.4 is 5.32 Å². The van der Waals surface area contributed by atoms with Gasteiger partial charge < -0.3 is 5.32 Å². The molecular formula is C15H16BrFN2. The number of nitrogens with zero attached hydrogens (tertiary/aromatic N) is 1. The van der Waals surface area contributed by atoms with E-state index >= 15 is 0 Å². The maximum atomic E-state index is 13.8. The molecule has 4 heteroatoms. The van der Waals surface area contributed by atoms with E-state index in [9.17, 15) is 4.39 Å². The van der Waals surface area contributed by atoms with Gasteiger partial charge in [-0.3, -0.25) is 4.98 Å². The van der Waals surface area contributed by atoms with Crippen LogP contribution in [0.4, 0.5) is 4.39 Å². The summed E-state index contributed by atoms with van der Waals surface area (Å²) in [6, 6.07) is 9.81. The van der Waals surface area contributed by atoms with E-state index in [1.165, 1.54) is 11.8 Å². The lowest BCUT2D eigenvalue weighted by molar-refractivity contribution is 0.507. The largest absolute Gasteiger partial charge is 0.310 e. The quantitative estimate of drug-likeness (QED) is 0.903. The molecule has 2 nitrogen and oxygen atoms in total. The van der Waals surface area contributed by atoms with Crippen molar-refractivity contribution < 1.29 is 4.39 Å². The van der Waals surface area contributed by atoms with Crippen LogP contribution in [-0.2, 0) is 6.42 Å². The first kappa shape index (κ1) is 14.2. The third-order valence-electron chi connectivity index (χ3n) is 2.98. The van der Waals surface area contributed by atoms with Crippen LogP contribution in [0.15, 0.2) is 47.2 Å². The van der Waals surface area contributed by atoms with E-state index in [4.69, 9.17) is 0 Å². The van der Waals surface area contributed by atoms with Crippen LogP contribution in [0.1, 0.15) is 24.1 Å². The second-order valence-electron chi connectivity index (χ2n) is 4.34. The SMILES string of the molecule is CCNC(Cc1ccc(Br)cc1)c1ccncc1F. The van der Waals surface area contributed by atoms with Crippen LogP contribution in [0.25, 0.3) is 0 Å². The summed E-state index contributed by atoms with van der Waals surface area (Å²) in [5, 5.41) is 3.32. The van der Waals surface area contributed by atoms with Gasteiger partial charge in [0.15, 0.2) is 0 Å². The lowest BCUT2D eigenvalue weighted by Gasteiger charge is -2.19. The van der Waals surface area contributed by atoms with Crippen molar-refractivity contribution >= 4 is 15.9 Å². The molecule has 0 spiro atoms. The molecule has 0 saturated heterocycles. The molecule has 0 radical (unpaired) electrons. The zero-order chi connectivity index (χ0) is 13.7. The normalized spacial score (nSPS) is 12.4. The minimum absolute atomic E-state index is 0.0332. The number of rotatable bonds is 5. The number of benzene rings is 1. The highest BCUT2D eigenvalue weighted by atomic mass is 79.9. The molecule has 19 heavy (non-hydrogen) atoms. The molecule has 2 rings (SSSR count). The Morgan fingerprint density at radius 1 is 1.26 bits per heavy atom. The van der Waals surface area contributed by atoms with Crippen molar-refractivity contribution in [2.24, 2.45) is 0 Å². The third-order valence-corrected chi connectivity index (χ3v) is 3.51. The van der Waals surface area contributed by atoms with Crippen molar-refractivity contribution in [3.05, 3.63) is 64.1 Å². The van der Waals surface area contributed by atoms with Gasteiger partial charge in [0.2, 0.25) is 0 Å². The summed E-state index contributed by atoms with van der Waals surface area (Å²) < 4.78 is 14.9. The molecule has 0 saturated carbocycles. The Bertz CT molecular complexity index is 528. The van der Waals surface area contributed by atoms with Crippen molar-refractivity contribution in [1.29, 1.82) is 0 Å². The molecule has 1 heterocycles. The Kier molecular flexibility index (Phi) is 5.05. The Labute approximate surface area is 121 Å². The van der Waals surface area contributed by atoms with Gasteiger partial charge >= 0.3 is 0 Å². The lowest BCUT2D eigenvalue weighted by Crippen LogP contribution is -2.24. The molecule has 1 unspecified atom stereocenters. The van der Waals surface area contributed by atoms with Crippen LogP contribution in [0.3, 0.4) is 0 Å². The van der Waals surface area contributed by atoms with E-state index in [1.54, 1.807) is 12.3 Å². The Balaban J connectivity index is 2.21. The average Bonchev–Trinajstić information content (AvgIpc) is 2.41. The maximum Gasteiger partial charge on any atom is 0.146 e. The number of pyridine rings is 1. The molecule has 1 aromatic heterocycles. The van der Waals surface area contributed by atoms with Gasteiger partial charge in [-0.05, 0) is 36.7 Å². The Morgan fingerprint density at radius 3 is 2.63 bits per heavy atom. The first-order valence-electron chi connectivity index (χ1n) is 6.28. The van der Waals surface area contributed by atoms with Crippen molar-refractivity contribution in [3.63, 3.8) is 0 Å². The standard InChI is InChI=1S/C15H16BrFN2/c1-2-19-15(13-7-8-18-10-14(13)17)9-11-3-5-12(16)6-4-11/h3-8,10,15,19H,2,9H2,1H3. The minimum atomic E-state index is -0.259. The van der Waals surface area contributed by atoms with E-state index in [1.807, 2.05) is 31.2 Å². The molecule has 1 N–H and O–H groups in total. The lowest BCUT2D eigenvalue weighted by atomic mass is 9.99. The fourth-order valence-electron chi connectivity index (χ4n) is 2.06. The average molecular weight is 323 g/mol. The van der Waals surface area contributed by atoms with E-state index in [-0.39, 0.29) is 11.9 Å². The van der Waals surface area contributed by atoms with Gasteiger partial charge in [0.25, 0.3) is 0 Å². The summed E-state index contributed by atoms with van der Waals surface area (Å²) >= 11 is 3.42. The van der Waals surface area contributed by atoms with Crippen molar-refractivity contribution in [2.75, 3.05) is 6.54 Å². The molecule has 0 aliphatic rings. The molecule has 1 atom stereocenters. The smallest absolute Gasteiger partial charge is 0.146 e. The fourth-order valence-corrected chi connectivity index (χ4v) is 2.33.